The van der Waals surface area contributed by atoms with Gasteiger partial charge in [0.05, 0.1) is 13.2 Å². The SMILES string of the molecule is C=CCn1nc(C(=O)OCC)c(C(F)(F)F)n1. The van der Waals surface area contributed by atoms with Crippen molar-refractivity contribution in [1.82, 2.24) is 15.0 Å². The number of carbonyl (C=O) groups excluding carboxylic acids is 1. The Bertz CT molecular complexity index is 426. The molecule has 0 spiro atoms. The number of rotatable bonds is 4. The molecule has 0 aromatic carbocycles. The fourth-order valence-electron chi connectivity index (χ4n) is 1.07. The van der Waals surface area contributed by atoms with Crippen LogP contribution in [0.15, 0.2) is 12.7 Å². The van der Waals surface area contributed by atoms with E-state index in [1.54, 1.807) is 0 Å². The van der Waals surface area contributed by atoms with Gasteiger partial charge in [-0.3, -0.25) is 0 Å². The molecule has 17 heavy (non-hydrogen) atoms. The largest absolute Gasteiger partial charge is 0.461 e. The van der Waals surface area contributed by atoms with Crippen LogP contribution in [0.4, 0.5) is 13.2 Å². The van der Waals surface area contributed by atoms with E-state index in [2.05, 4.69) is 21.5 Å². The van der Waals surface area contributed by atoms with Crippen LogP contribution >= 0.6 is 0 Å². The van der Waals surface area contributed by atoms with Crippen LogP contribution in [-0.2, 0) is 17.5 Å². The number of carbonyl (C=O) groups is 1. The maximum absolute atomic E-state index is 12.6. The molecule has 0 radical (unpaired) electrons. The van der Waals surface area contributed by atoms with Crippen LogP contribution in [0.1, 0.15) is 23.1 Å². The lowest BCUT2D eigenvalue weighted by atomic mass is 10.3. The van der Waals surface area contributed by atoms with Gasteiger partial charge in [-0.05, 0) is 6.92 Å². The predicted octanol–water partition coefficient (Wildman–Crippen LogP) is 1.66. The minimum Gasteiger partial charge on any atom is -0.461 e. The Morgan fingerprint density at radius 3 is 2.65 bits per heavy atom. The molecule has 0 atom stereocenters. The van der Waals surface area contributed by atoms with E-state index in [1.165, 1.54) is 13.0 Å². The van der Waals surface area contributed by atoms with E-state index >= 15 is 0 Å². The van der Waals surface area contributed by atoms with Crippen molar-refractivity contribution in [2.24, 2.45) is 0 Å². The molecule has 0 saturated carbocycles. The van der Waals surface area contributed by atoms with Gasteiger partial charge < -0.3 is 4.74 Å². The van der Waals surface area contributed by atoms with E-state index in [0.717, 1.165) is 4.80 Å². The van der Waals surface area contributed by atoms with Crippen molar-refractivity contribution in [3.05, 3.63) is 24.0 Å². The van der Waals surface area contributed by atoms with Crippen LogP contribution in [0.3, 0.4) is 0 Å². The van der Waals surface area contributed by atoms with E-state index in [4.69, 9.17) is 0 Å². The number of ether oxygens (including phenoxy) is 1. The fraction of sp³-hybridized carbons (Fsp3) is 0.444. The smallest absolute Gasteiger partial charge is 0.437 e. The number of halogens is 3. The summed E-state index contributed by atoms with van der Waals surface area (Å²) in [7, 11) is 0. The zero-order valence-corrected chi connectivity index (χ0v) is 8.99. The summed E-state index contributed by atoms with van der Waals surface area (Å²) in [5, 5.41) is 6.61. The quantitative estimate of drug-likeness (QED) is 0.601. The molecule has 5 nitrogen and oxygen atoms in total. The number of esters is 1. The highest BCUT2D eigenvalue weighted by Gasteiger charge is 2.41. The molecule has 0 unspecified atom stereocenters. The Morgan fingerprint density at radius 2 is 2.18 bits per heavy atom. The Hall–Kier alpha value is -1.86. The second-order valence-electron chi connectivity index (χ2n) is 2.96. The van der Waals surface area contributed by atoms with Gasteiger partial charge in [0.1, 0.15) is 0 Å². The Balaban J connectivity index is 3.16. The molecule has 8 heteroatoms. The van der Waals surface area contributed by atoms with Crippen molar-refractivity contribution in [3.63, 3.8) is 0 Å². The summed E-state index contributed by atoms with van der Waals surface area (Å²) in [5.41, 5.74) is -2.18. The number of alkyl halides is 3. The third-order valence-corrected chi connectivity index (χ3v) is 1.68. The molecule has 0 fully saturated rings. The summed E-state index contributed by atoms with van der Waals surface area (Å²) in [4.78, 5) is 12.0. The molecule has 0 aliphatic heterocycles. The van der Waals surface area contributed by atoms with Gasteiger partial charge in [0.2, 0.25) is 11.4 Å². The average Bonchev–Trinajstić information content (AvgIpc) is 2.62. The summed E-state index contributed by atoms with van der Waals surface area (Å²) in [6.07, 6.45) is -3.43. The first-order chi connectivity index (χ1) is 7.90. The zero-order valence-electron chi connectivity index (χ0n) is 8.99. The molecular weight excluding hydrogens is 239 g/mol. The van der Waals surface area contributed by atoms with Gasteiger partial charge in [0.15, 0.2) is 0 Å². The summed E-state index contributed by atoms with van der Waals surface area (Å²) in [6.45, 7) is 4.76. The van der Waals surface area contributed by atoms with Crippen molar-refractivity contribution in [1.29, 1.82) is 0 Å². The first-order valence-electron chi connectivity index (χ1n) is 4.70. The van der Waals surface area contributed by atoms with Crippen LogP contribution < -0.4 is 0 Å². The molecule has 0 aliphatic rings. The van der Waals surface area contributed by atoms with Crippen molar-refractivity contribution < 1.29 is 22.7 Å². The third-order valence-electron chi connectivity index (χ3n) is 1.68. The number of hydrogen-bond donors (Lipinski definition) is 0. The lowest BCUT2D eigenvalue weighted by Crippen LogP contribution is -2.15. The molecule has 0 aliphatic carbocycles. The fourth-order valence-corrected chi connectivity index (χ4v) is 1.07. The van der Waals surface area contributed by atoms with Gasteiger partial charge in [-0.25, -0.2) is 4.79 Å². The summed E-state index contributed by atoms with van der Waals surface area (Å²) >= 11 is 0. The highest BCUT2D eigenvalue weighted by Crippen LogP contribution is 2.29. The average molecular weight is 249 g/mol. The highest BCUT2D eigenvalue weighted by molar-refractivity contribution is 5.88. The standard InChI is InChI=1S/C9H10F3N3O2/c1-3-5-15-13-6(8(16)17-4-2)7(14-15)9(10,11)12/h3H,1,4-5H2,2H3. The molecule has 0 bridgehead atoms. The summed E-state index contributed by atoms with van der Waals surface area (Å²) < 4.78 is 42.1. The molecule has 1 rings (SSSR count). The highest BCUT2D eigenvalue weighted by atomic mass is 19.4. The molecule has 1 aromatic rings. The van der Waals surface area contributed by atoms with E-state index in [9.17, 15) is 18.0 Å². The molecule has 1 aromatic heterocycles. The topological polar surface area (TPSA) is 57.0 Å². The van der Waals surface area contributed by atoms with E-state index in [-0.39, 0.29) is 13.2 Å². The molecule has 0 amide bonds. The minimum atomic E-state index is -4.75. The van der Waals surface area contributed by atoms with Gasteiger partial charge in [-0.2, -0.15) is 18.0 Å². The normalized spacial score (nSPS) is 11.3. The van der Waals surface area contributed by atoms with Gasteiger partial charge in [0, 0.05) is 0 Å². The molecule has 94 valence electrons. The monoisotopic (exact) mass is 249 g/mol. The van der Waals surface area contributed by atoms with Gasteiger partial charge in [-0.15, -0.1) is 16.8 Å². The minimum absolute atomic E-state index is 0.0253. The van der Waals surface area contributed by atoms with Crippen molar-refractivity contribution in [3.8, 4) is 0 Å². The lowest BCUT2D eigenvalue weighted by Gasteiger charge is -2.03. The Kier molecular flexibility index (Phi) is 3.87. The lowest BCUT2D eigenvalue weighted by molar-refractivity contribution is -0.142. The van der Waals surface area contributed by atoms with Crippen molar-refractivity contribution in [2.75, 3.05) is 6.61 Å². The van der Waals surface area contributed by atoms with Crippen molar-refractivity contribution >= 4 is 5.97 Å². The van der Waals surface area contributed by atoms with Gasteiger partial charge in [0.25, 0.3) is 0 Å². The van der Waals surface area contributed by atoms with Crippen LogP contribution in [0.2, 0.25) is 0 Å². The maximum atomic E-state index is 12.6. The zero-order chi connectivity index (χ0) is 13.1. The third kappa shape index (κ3) is 3.05. The second-order valence-corrected chi connectivity index (χ2v) is 2.96. The molecular formula is C9H10F3N3O2. The van der Waals surface area contributed by atoms with Crippen LogP contribution in [0.5, 0.6) is 0 Å². The van der Waals surface area contributed by atoms with Crippen LogP contribution in [0.25, 0.3) is 0 Å². The molecule has 1 heterocycles. The van der Waals surface area contributed by atoms with E-state index in [1.807, 2.05) is 0 Å². The number of nitrogens with zero attached hydrogens (tertiary/aromatic N) is 3. The van der Waals surface area contributed by atoms with Crippen molar-refractivity contribution in [2.45, 2.75) is 19.6 Å². The van der Waals surface area contributed by atoms with E-state index < -0.39 is 23.5 Å². The van der Waals surface area contributed by atoms with Gasteiger partial charge >= 0.3 is 12.1 Å². The summed E-state index contributed by atoms with van der Waals surface area (Å²) in [6, 6.07) is 0. The second kappa shape index (κ2) is 4.98. The number of hydrogen-bond acceptors (Lipinski definition) is 4. The van der Waals surface area contributed by atoms with Crippen LogP contribution in [0, 0.1) is 0 Å². The maximum Gasteiger partial charge on any atom is 0.437 e. The number of aromatic nitrogens is 3. The summed E-state index contributed by atoms with van der Waals surface area (Å²) in [5.74, 6) is -1.14. The molecule has 0 saturated heterocycles. The number of allylic oxidation sites excluding steroid dienone is 1. The first-order valence-corrected chi connectivity index (χ1v) is 4.70. The molecule has 0 N–H and O–H groups in total. The predicted molar refractivity (Wildman–Crippen MR) is 51.2 cm³/mol. The van der Waals surface area contributed by atoms with Gasteiger partial charge in [-0.1, -0.05) is 6.08 Å². The van der Waals surface area contributed by atoms with Crippen LogP contribution in [-0.4, -0.2) is 27.6 Å². The first kappa shape index (κ1) is 13.2. The van der Waals surface area contributed by atoms with E-state index in [0.29, 0.717) is 0 Å². The Labute approximate surface area is 94.9 Å². The Morgan fingerprint density at radius 1 is 1.53 bits per heavy atom.